The SMILES string of the molecule is CCCC/N=C/c1c(F)ccc(OC)c1F. The quantitative estimate of drug-likeness (QED) is 0.559. The summed E-state index contributed by atoms with van der Waals surface area (Å²) in [4.78, 5) is 3.97. The maximum Gasteiger partial charge on any atom is 0.176 e. The van der Waals surface area contributed by atoms with Crippen LogP contribution in [0.2, 0.25) is 0 Å². The van der Waals surface area contributed by atoms with E-state index in [0.29, 0.717) is 6.54 Å². The summed E-state index contributed by atoms with van der Waals surface area (Å²) < 4.78 is 31.6. The number of halogens is 2. The molecule has 0 saturated heterocycles. The van der Waals surface area contributed by atoms with Crippen molar-refractivity contribution in [3.8, 4) is 5.75 Å². The highest BCUT2D eigenvalue weighted by molar-refractivity contribution is 5.81. The first-order chi connectivity index (χ1) is 7.70. The van der Waals surface area contributed by atoms with Crippen LogP contribution in [0.3, 0.4) is 0 Å². The van der Waals surface area contributed by atoms with Crippen LogP contribution < -0.4 is 4.74 Å². The number of ether oxygens (including phenoxy) is 1. The Morgan fingerprint density at radius 2 is 2.12 bits per heavy atom. The van der Waals surface area contributed by atoms with Crippen LogP contribution in [0.4, 0.5) is 8.78 Å². The maximum atomic E-state index is 13.6. The first kappa shape index (κ1) is 12.6. The summed E-state index contributed by atoms with van der Waals surface area (Å²) in [5.74, 6) is -1.31. The molecule has 0 aromatic heterocycles. The zero-order valence-corrected chi connectivity index (χ0v) is 9.46. The lowest BCUT2D eigenvalue weighted by Gasteiger charge is -2.04. The minimum absolute atomic E-state index is 0.0262. The second kappa shape index (κ2) is 6.20. The minimum Gasteiger partial charge on any atom is -0.494 e. The Bertz CT molecular complexity index is 378. The van der Waals surface area contributed by atoms with E-state index in [1.165, 1.54) is 25.5 Å². The van der Waals surface area contributed by atoms with Gasteiger partial charge in [-0.1, -0.05) is 13.3 Å². The molecule has 88 valence electrons. The van der Waals surface area contributed by atoms with Crippen molar-refractivity contribution in [3.05, 3.63) is 29.3 Å². The monoisotopic (exact) mass is 227 g/mol. The van der Waals surface area contributed by atoms with Gasteiger partial charge in [-0.3, -0.25) is 4.99 Å². The van der Waals surface area contributed by atoms with Gasteiger partial charge in [-0.05, 0) is 18.6 Å². The summed E-state index contributed by atoms with van der Waals surface area (Å²) in [5, 5.41) is 0. The van der Waals surface area contributed by atoms with Gasteiger partial charge in [-0.25, -0.2) is 8.78 Å². The van der Waals surface area contributed by atoms with Crippen molar-refractivity contribution in [2.24, 2.45) is 4.99 Å². The molecule has 0 aliphatic heterocycles. The Morgan fingerprint density at radius 1 is 1.38 bits per heavy atom. The standard InChI is InChI=1S/C12H15F2NO/c1-3-4-7-15-8-9-10(13)5-6-11(16-2)12(9)14/h5-6,8H,3-4,7H2,1-2H3/b15-8+. The topological polar surface area (TPSA) is 21.6 Å². The van der Waals surface area contributed by atoms with E-state index in [-0.39, 0.29) is 11.3 Å². The van der Waals surface area contributed by atoms with Gasteiger partial charge in [0.25, 0.3) is 0 Å². The number of nitrogens with zero attached hydrogens (tertiary/aromatic N) is 1. The number of aliphatic imine (C=N–C) groups is 1. The van der Waals surface area contributed by atoms with Crippen LogP contribution in [0, 0.1) is 11.6 Å². The Morgan fingerprint density at radius 3 is 2.75 bits per heavy atom. The molecule has 0 bridgehead atoms. The molecule has 0 amide bonds. The van der Waals surface area contributed by atoms with Gasteiger partial charge in [0.05, 0.1) is 12.7 Å². The van der Waals surface area contributed by atoms with E-state index in [0.717, 1.165) is 12.8 Å². The highest BCUT2D eigenvalue weighted by atomic mass is 19.1. The molecule has 0 atom stereocenters. The largest absolute Gasteiger partial charge is 0.494 e. The smallest absolute Gasteiger partial charge is 0.176 e. The molecule has 0 radical (unpaired) electrons. The number of benzene rings is 1. The van der Waals surface area contributed by atoms with Crippen molar-refractivity contribution >= 4 is 6.21 Å². The van der Waals surface area contributed by atoms with Crippen LogP contribution in [0.5, 0.6) is 5.75 Å². The van der Waals surface area contributed by atoms with Gasteiger partial charge in [0, 0.05) is 12.8 Å². The van der Waals surface area contributed by atoms with Gasteiger partial charge >= 0.3 is 0 Å². The van der Waals surface area contributed by atoms with E-state index in [4.69, 9.17) is 4.74 Å². The summed E-state index contributed by atoms with van der Waals surface area (Å²) in [6.45, 7) is 2.61. The number of hydrogen-bond donors (Lipinski definition) is 0. The number of rotatable bonds is 5. The summed E-state index contributed by atoms with van der Waals surface area (Å²) >= 11 is 0. The van der Waals surface area contributed by atoms with E-state index in [1.54, 1.807) is 0 Å². The molecule has 0 spiro atoms. The molecule has 1 aromatic rings. The van der Waals surface area contributed by atoms with Crippen LogP contribution in [0.1, 0.15) is 25.3 Å². The van der Waals surface area contributed by atoms with Crippen LogP contribution in [-0.2, 0) is 0 Å². The molecule has 0 heterocycles. The second-order valence-corrected chi connectivity index (χ2v) is 3.37. The number of methoxy groups -OCH3 is 1. The average Bonchev–Trinajstić information content (AvgIpc) is 2.28. The molecule has 16 heavy (non-hydrogen) atoms. The number of unbranched alkanes of at least 4 members (excludes halogenated alkanes) is 1. The molecule has 1 aromatic carbocycles. The fraction of sp³-hybridized carbons (Fsp3) is 0.417. The summed E-state index contributed by atoms with van der Waals surface area (Å²) in [5.41, 5.74) is -0.143. The number of hydrogen-bond acceptors (Lipinski definition) is 2. The van der Waals surface area contributed by atoms with Crippen molar-refractivity contribution in [2.75, 3.05) is 13.7 Å². The molecule has 0 unspecified atom stereocenters. The third-order valence-electron chi connectivity index (χ3n) is 2.17. The molecule has 0 aliphatic carbocycles. The van der Waals surface area contributed by atoms with Crippen molar-refractivity contribution in [3.63, 3.8) is 0 Å². The van der Waals surface area contributed by atoms with E-state index in [9.17, 15) is 8.78 Å². The van der Waals surface area contributed by atoms with Crippen molar-refractivity contribution in [1.82, 2.24) is 0 Å². The first-order valence-corrected chi connectivity index (χ1v) is 5.22. The molecule has 2 nitrogen and oxygen atoms in total. The third-order valence-corrected chi connectivity index (χ3v) is 2.17. The van der Waals surface area contributed by atoms with Crippen molar-refractivity contribution in [1.29, 1.82) is 0 Å². The van der Waals surface area contributed by atoms with Crippen LogP contribution >= 0.6 is 0 Å². The molecular weight excluding hydrogens is 212 g/mol. The van der Waals surface area contributed by atoms with E-state index in [2.05, 4.69) is 4.99 Å². The van der Waals surface area contributed by atoms with Gasteiger partial charge in [-0.15, -0.1) is 0 Å². The molecule has 1 rings (SSSR count). The Hall–Kier alpha value is -1.45. The Kier molecular flexibility index (Phi) is 4.89. The average molecular weight is 227 g/mol. The van der Waals surface area contributed by atoms with Crippen molar-refractivity contribution in [2.45, 2.75) is 19.8 Å². The zero-order valence-electron chi connectivity index (χ0n) is 9.46. The molecule has 4 heteroatoms. The lowest BCUT2D eigenvalue weighted by Crippen LogP contribution is -1.98. The highest BCUT2D eigenvalue weighted by Crippen LogP contribution is 2.21. The zero-order chi connectivity index (χ0) is 12.0. The first-order valence-electron chi connectivity index (χ1n) is 5.22. The lowest BCUT2D eigenvalue weighted by atomic mass is 10.2. The molecule has 0 saturated carbocycles. The third kappa shape index (κ3) is 3.02. The fourth-order valence-electron chi connectivity index (χ4n) is 1.23. The van der Waals surface area contributed by atoms with E-state index in [1.807, 2.05) is 6.92 Å². The molecular formula is C12H15F2NO. The lowest BCUT2D eigenvalue weighted by molar-refractivity contribution is 0.383. The van der Waals surface area contributed by atoms with Crippen molar-refractivity contribution < 1.29 is 13.5 Å². The van der Waals surface area contributed by atoms with Crippen LogP contribution in [0.15, 0.2) is 17.1 Å². The van der Waals surface area contributed by atoms with Gasteiger partial charge in [0.2, 0.25) is 0 Å². The van der Waals surface area contributed by atoms with Gasteiger partial charge in [0.15, 0.2) is 11.6 Å². The normalized spacial score (nSPS) is 11.0. The summed E-state index contributed by atoms with van der Waals surface area (Å²) in [7, 11) is 1.34. The summed E-state index contributed by atoms with van der Waals surface area (Å²) in [6, 6.07) is 2.43. The van der Waals surface area contributed by atoms with E-state index < -0.39 is 11.6 Å². The Labute approximate surface area is 94.0 Å². The van der Waals surface area contributed by atoms with Gasteiger partial charge in [0.1, 0.15) is 5.82 Å². The predicted octanol–water partition coefficient (Wildman–Crippen LogP) is 3.19. The van der Waals surface area contributed by atoms with Crippen LogP contribution in [0.25, 0.3) is 0 Å². The molecule has 0 fully saturated rings. The van der Waals surface area contributed by atoms with E-state index >= 15 is 0 Å². The van der Waals surface area contributed by atoms with Crippen LogP contribution in [-0.4, -0.2) is 19.9 Å². The van der Waals surface area contributed by atoms with Gasteiger partial charge in [-0.2, -0.15) is 0 Å². The van der Waals surface area contributed by atoms with Gasteiger partial charge < -0.3 is 4.74 Å². The predicted molar refractivity (Wildman–Crippen MR) is 60.3 cm³/mol. The second-order valence-electron chi connectivity index (χ2n) is 3.37. The minimum atomic E-state index is -0.706. The maximum absolute atomic E-state index is 13.6. The molecule has 0 N–H and O–H groups in total. The Balaban J connectivity index is 2.89. The fourth-order valence-corrected chi connectivity index (χ4v) is 1.23. The summed E-state index contributed by atoms with van der Waals surface area (Å²) in [6.07, 6.45) is 3.13. The highest BCUT2D eigenvalue weighted by Gasteiger charge is 2.11. The molecule has 0 aliphatic rings.